The molecule has 0 radical (unpaired) electrons. The third kappa shape index (κ3) is 4.23. The summed E-state index contributed by atoms with van der Waals surface area (Å²) in [4.78, 5) is 19.1. The summed E-state index contributed by atoms with van der Waals surface area (Å²) in [5.74, 6) is -0.253. The van der Waals surface area contributed by atoms with Gasteiger partial charge in [0.25, 0.3) is 5.91 Å². The summed E-state index contributed by atoms with van der Waals surface area (Å²) in [7, 11) is 5.97. The highest BCUT2D eigenvalue weighted by atomic mass is 19.4. The van der Waals surface area contributed by atoms with Crippen molar-refractivity contribution in [2.45, 2.75) is 25.7 Å². The number of hydrogen-bond donors (Lipinski definition) is 1. The first kappa shape index (κ1) is 22.0. The summed E-state index contributed by atoms with van der Waals surface area (Å²) in [5, 5.41) is 3.42. The Bertz CT molecular complexity index is 923. The van der Waals surface area contributed by atoms with Gasteiger partial charge in [-0.15, -0.1) is 0 Å². The van der Waals surface area contributed by atoms with Crippen molar-refractivity contribution in [3.05, 3.63) is 53.6 Å². The van der Waals surface area contributed by atoms with Gasteiger partial charge in [0.15, 0.2) is 0 Å². The zero-order valence-electron chi connectivity index (χ0n) is 17.8. The second-order valence-electron chi connectivity index (χ2n) is 8.29. The van der Waals surface area contributed by atoms with Gasteiger partial charge >= 0.3 is 6.18 Å². The van der Waals surface area contributed by atoms with Crippen LogP contribution in [0.1, 0.15) is 29.8 Å². The van der Waals surface area contributed by atoms with Gasteiger partial charge in [0.05, 0.1) is 22.5 Å². The molecular formula is C22H27F3N4O. The Labute approximate surface area is 175 Å². The van der Waals surface area contributed by atoms with Gasteiger partial charge in [0, 0.05) is 25.8 Å². The molecule has 0 saturated carbocycles. The predicted octanol–water partition coefficient (Wildman–Crippen LogP) is 4.51. The zero-order chi connectivity index (χ0) is 22.3. The van der Waals surface area contributed by atoms with E-state index in [2.05, 4.69) is 15.1 Å². The first-order valence-electron chi connectivity index (χ1n) is 9.70. The van der Waals surface area contributed by atoms with E-state index in [9.17, 15) is 18.0 Å². The molecule has 30 heavy (non-hydrogen) atoms. The molecule has 8 heteroatoms. The molecule has 1 aliphatic rings. The molecule has 1 heterocycles. The molecule has 0 bridgehead atoms. The number of carbonyl (C=O) groups excluding carboxylic acids is 1. The number of amides is 1. The summed E-state index contributed by atoms with van der Waals surface area (Å²) in [5.41, 5.74) is 0.958. The minimum absolute atomic E-state index is 0.253. The third-order valence-electron chi connectivity index (χ3n) is 5.21. The predicted molar refractivity (Wildman–Crippen MR) is 114 cm³/mol. The molecule has 3 rings (SSSR count). The van der Waals surface area contributed by atoms with Crippen LogP contribution >= 0.6 is 0 Å². The molecule has 5 nitrogen and oxygen atoms in total. The summed E-state index contributed by atoms with van der Waals surface area (Å²) in [6.07, 6.45) is -4.42. The van der Waals surface area contributed by atoms with Gasteiger partial charge < -0.3 is 15.1 Å². The molecule has 0 unspecified atom stereocenters. The molecule has 1 aliphatic heterocycles. The molecule has 0 atom stereocenters. The van der Waals surface area contributed by atoms with Crippen LogP contribution in [-0.4, -0.2) is 50.7 Å². The van der Waals surface area contributed by atoms with Gasteiger partial charge in [-0.05, 0) is 64.3 Å². The van der Waals surface area contributed by atoms with Gasteiger partial charge in [-0.3, -0.25) is 9.69 Å². The van der Waals surface area contributed by atoms with E-state index in [1.54, 1.807) is 6.07 Å². The van der Waals surface area contributed by atoms with E-state index in [4.69, 9.17) is 0 Å². The van der Waals surface area contributed by atoms with Crippen LogP contribution in [0.4, 0.5) is 30.2 Å². The molecule has 1 N–H and O–H groups in total. The Hall–Kier alpha value is -2.74. The van der Waals surface area contributed by atoms with Gasteiger partial charge in [0.1, 0.15) is 5.66 Å². The number of carbonyl (C=O) groups is 1. The van der Waals surface area contributed by atoms with E-state index >= 15 is 0 Å². The molecular weight excluding hydrogens is 393 g/mol. The number of benzene rings is 2. The lowest BCUT2D eigenvalue weighted by Gasteiger charge is -2.45. The van der Waals surface area contributed by atoms with Gasteiger partial charge in [-0.25, -0.2) is 0 Å². The lowest BCUT2D eigenvalue weighted by Crippen LogP contribution is -2.57. The van der Waals surface area contributed by atoms with Crippen LogP contribution < -0.4 is 15.1 Å². The lowest BCUT2D eigenvalue weighted by molar-refractivity contribution is -0.137. The molecule has 0 saturated heterocycles. The van der Waals surface area contributed by atoms with Crippen molar-refractivity contribution in [3.63, 3.8) is 0 Å². The van der Waals surface area contributed by atoms with Gasteiger partial charge in [-0.1, -0.05) is 6.07 Å². The van der Waals surface area contributed by atoms with Crippen molar-refractivity contribution >= 4 is 23.0 Å². The van der Waals surface area contributed by atoms with E-state index in [1.165, 1.54) is 17.0 Å². The van der Waals surface area contributed by atoms with E-state index in [1.807, 2.05) is 47.1 Å². The molecule has 162 valence electrons. The lowest BCUT2D eigenvalue weighted by atomic mass is 9.99. The zero-order valence-corrected chi connectivity index (χ0v) is 17.8. The SMILES string of the molecule is CN(C)CCN(C)c1cccc2c1NC(C)(C)N(c1ccc(C(F)(F)F)cc1)C2=O. The average molecular weight is 420 g/mol. The smallest absolute Gasteiger partial charge is 0.372 e. The third-order valence-corrected chi connectivity index (χ3v) is 5.21. The number of anilines is 3. The quantitative estimate of drug-likeness (QED) is 0.773. The second kappa shape index (κ2) is 7.83. The Kier molecular flexibility index (Phi) is 5.73. The highest BCUT2D eigenvalue weighted by molar-refractivity contribution is 6.14. The van der Waals surface area contributed by atoms with Crippen LogP contribution in [0.2, 0.25) is 0 Å². The Balaban J connectivity index is 1.98. The normalized spacial score (nSPS) is 15.8. The number of hydrogen-bond acceptors (Lipinski definition) is 4. The van der Waals surface area contributed by atoms with Crippen molar-refractivity contribution in [2.75, 3.05) is 49.3 Å². The van der Waals surface area contributed by atoms with Crippen LogP contribution in [0, 0.1) is 0 Å². The van der Waals surface area contributed by atoms with E-state index < -0.39 is 17.4 Å². The molecule has 1 amide bonds. The fraction of sp³-hybridized carbons (Fsp3) is 0.409. The molecule has 0 spiro atoms. The monoisotopic (exact) mass is 420 g/mol. The second-order valence-corrected chi connectivity index (χ2v) is 8.29. The number of rotatable bonds is 5. The highest BCUT2D eigenvalue weighted by Crippen LogP contribution is 2.40. The van der Waals surface area contributed by atoms with Crippen molar-refractivity contribution < 1.29 is 18.0 Å². The Morgan fingerprint density at radius 3 is 2.20 bits per heavy atom. The number of alkyl halides is 3. The number of likely N-dealkylation sites (N-methyl/N-ethyl adjacent to an activating group) is 2. The van der Waals surface area contributed by atoms with Crippen LogP contribution in [-0.2, 0) is 6.18 Å². The molecule has 0 aliphatic carbocycles. The van der Waals surface area contributed by atoms with E-state index in [-0.39, 0.29) is 5.91 Å². The number of fused-ring (bicyclic) bond motifs is 1. The first-order valence-corrected chi connectivity index (χ1v) is 9.70. The van der Waals surface area contributed by atoms with Crippen LogP contribution in [0.25, 0.3) is 0 Å². The Morgan fingerprint density at radius 1 is 1.00 bits per heavy atom. The number of nitrogens with zero attached hydrogens (tertiary/aromatic N) is 3. The van der Waals surface area contributed by atoms with Gasteiger partial charge in [0.2, 0.25) is 0 Å². The standard InChI is InChI=1S/C22H27F3N4O/c1-21(2)26-19-17(7-6-8-18(19)28(5)14-13-27(3)4)20(30)29(21)16-11-9-15(10-12-16)22(23,24)25/h6-12,26H,13-14H2,1-5H3. The Morgan fingerprint density at radius 2 is 1.63 bits per heavy atom. The number of nitrogens with one attached hydrogen (secondary N) is 1. The molecule has 0 fully saturated rings. The highest BCUT2D eigenvalue weighted by Gasteiger charge is 2.40. The maximum Gasteiger partial charge on any atom is 0.416 e. The van der Waals surface area contributed by atoms with E-state index in [0.717, 1.165) is 36.6 Å². The fourth-order valence-electron chi connectivity index (χ4n) is 3.61. The van der Waals surface area contributed by atoms with Crippen molar-refractivity contribution in [1.82, 2.24) is 4.90 Å². The summed E-state index contributed by atoms with van der Waals surface area (Å²) < 4.78 is 38.8. The minimum Gasteiger partial charge on any atom is -0.372 e. The van der Waals surface area contributed by atoms with Crippen LogP contribution in [0.5, 0.6) is 0 Å². The number of halogens is 3. The number of para-hydroxylation sites is 1. The minimum atomic E-state index is -4.42. The molecule has 2 aromatic rings. The summed E-state index contributed by atoms with van der Waals surface area (Å²) >= 11 is 0. The van der Waals surface area contributed by atoms with Crippen LogP contribution in [0.3, 0.4) is 0 Å². The van der Waals surface area contributed by atoms with Crippen molar-refractivity contribution in [3.8, 4) is 0 Å². The molecule has 2 aromatic carbocycles. The average Bonchev–Trinajstić information content (AvgIpc) is 2.64. The summed E-state index contributed by atoms with van der Waals surface area (Å²) in [6, 6.07) is 10.2. The van der Waals surface area contributed by atoms with Crippen molar-refractivity contribution in [1.29, 1.82) is 0 Å². The van der Waals surface area contributed by atoms with Gasteiger partial charge in [-0.2, -0.15) is 13.2 Å². The largest absolute Gasteiger partial charge is 0.416 e. The summed E-state index contributed by atoms with van der Waals surface area (Å²) in [6.45, 7) is 5.31. The first-order chi connectivity index (χ1) is 13.9. The molecule has 0 aromatic heterocycles. The fourth-order valence-corrected chi connectivity index (χ4v) is 3.61. The van der Waals surface area contributed by atoms with Crippen LogP contribution in [0.15, 0.2) is 42.5 Å². The topological polar surface area (TPSA) is 38.8 Å². The maximum atomic E-state index is 13.4. The maximum absolute atomic E-state index is 13.4. The van der Waals surface area contributed by atoms with Crippen molar-refractivity contribution in [2.24, 2.45) is 0 Å². The van der Waals surface area contributed by atoms with E-state index in [0.29, 0.717) is 11.3 Å².